The number of methoxy groups -OCH3 is 1. The number of carbonyl (C=O) groups is 2. The smallest absolute Gasteiger partial charge is 0.325 e. The van der Waals surface area contributed by atoms with E-state index in [1.54, 1.807) is 0 Å². The van der Waals surface area contributed by atoms with E-state index in [2.05, 4.69) is 4.74 Å². The van der Waals surface area contributed by atoms with Gasteiger partial charge in [-0.2, -0.15) is 0 Å². The molecular formula is C10H11NO4. The van der Waals surface area contributed by atoms with Gasteiger partial charge in [0.05, 0.1) is 7.11 Å². The fourth-order valence-corrected chi connectivity index (χ4v) is 1.04. The molecule has 5 nitrogen and oxygen atoms in total. The lowest BCUT2D eigenvalue weighted by atomic mass is 10.3. The molecule has 0 aliphatic rings. The van der Waals surface area contributed by atoms with E-state index in [1.165, 1.54) is 36.3 Å². The molecule has 0 bridgehead atoms. The first-order valence-corrected chi connectivity index (χ1v) is 4.25. The molecule has 0 spiro atoms. The third-order valence-electron chi connectivity index (χ3n) is 1.84. The molecule has 0 heterocycles. The number of benzene rings is 1. The summed E-state index contributed by atoms with van der Waals surface area (Å²) in [5, 5.41) is 9.04. The third-order valence-corrected chi connectivity index (χ3v) is 1.84. The van der Waals surface area contributed by atoms with Crippen LogP contribution in [0.2, 0.25) is 0 Å². The highest BCUT2D eigenvalue weighted by Gasteiger charge is 2.10. The van der Waals surface area contributed by atoms with Gasteiger partial charge in [-0.1, -0.05) is 0 Å². The number of hydrogen-bond acceptors (Lipinski definition) is 4. The van der Waals surface area contributed by atoms with E-state index in [4.69, 9.17) is 5.11 Å². The summed E-state index contributed by atoms with van der Waals surface area (Å²) in [4.78, 5) is 22.8. The Bertz CT molecular complexity index is 347. The minimum Gasteiger partial charge on any atom is -0.508 e. The molecule has 0 saturated carbocycles. The lowest BCUT2D eigenvalue weighted by Gasteiger charge is -2.15. The van der Waals surface area contributed by atoms with Crippen LogP contribution in [-0.4, -0.2) is 31.1 Å². The molecule has 5 heteroatoms. The predicted octanol–water partition coefficient (Wildman–Crippen LogP) is 0.528. The lowest BCUT2D eigenvalue weighted by molar-refractivity contribution is -0.139. The third kappa shape index (κ3) is 2.98. The van der Waals surface area contributed by atoms with Crippen molar-refractivity contribution in [1.29, 1.82) is 0 Å². The largest absolute Gasteiger partial charge is 0.508 e. The average molecular weight is 209 g/mol. The number of anilines is 1. The first-order chi connectivity index (χ1) is 7.17. The first-order valence-electron chi connectivity index (χ1n) is 4.25. The molecule has 1 N–H and O–H groups in total. The standard InChI is InChI=1S/C10H11NO4/c1-15-10(14)6-11(7-12)8-2-4-9(13)5-3-8/h2-5,7,13H,6H2,1H3. The summed E-state index contributed by atoms with van der Waals surface area (Å²) in [6.07, 6.45) is 0.531. The summed E-state index contributed by atoms with van der Waals surface area (Å²) in [5.74, 6) is -0.405. The predicted molar refractivity (Wildman–Crippen MR) is 53.5 cm³/mol. The molecule has 0 aliphatic carbocycles. The number of phenolic OH excluding ortho intramolecular Hbond substituents is 1. The minimum absolute atomic E-state index is 0.0997. The highest BCUT2D eigenvalue weighted by molar-refractivity contribution is 5.85. The Morgan fingerprint density at radius 2 is 2.07 bits per heavy atom. The monoisotopic (exact) mass is 209 g/mol. The fraction of sp³-hybridized carbons (Fsp3) is 0.200. The fourth-order valence-electron chi connectivity index (χ4n) is 1.04. The number of amides is 1. The van der Waals surface area contributed by atoms with Crippen LogP contribution in [0.3, 0.4) is 0 Å². The van der Waals surface area contributed by atoms with Gasteiger partial charge < -0.3 is 14.7 Å². The molecule has 1 aromatic carbocycles. The Labute approximate surface area is 86.9 Å². The van der Waals surface area contributed by atoms with Crippen LogP contribution in [0.25, 0.3) is 0 Å². The molecule has 1 rings (SSSR count). The molecule has 0 atom stereocenters. The summed E-state index contributed by atoms with van der Waals surface area (Å²) < 4.78 is 4.44. The van der Waals surface area contributed by atoms with Crippen molar-refractivity contribution in [2.75, 3.05) is 18.6 Å². The normalized spacial score (nSPS) is 9.40. The van der Waals surface area contributed by atoms with Crippen LogP contribution < -0.4 is 4.90 Å². The highest BCUT2D eigenvalue weighted by atomic mass is 16.5. The summed E-state index contributed by atoms with van der Waals surface area (Å²) in [6, 6.07) is 5.94. The van der Waals surface area contributed by atoms with Gasteiger partial charge in [0, 0.05) is 5.69 Å². The zero-order valence-corrected chi connectivity index (χ0v) is 8.21. The van der Waals surface area contributed by atoms with E-state index in [-0.39, 0.29) is 12.3 Å². The van der Waals surface area contributed by atoms with E-state index in [1.807, 2.05) is 0 Å². The molecule has 0 radical (unpaired) electrons. The Kier molecular flexibility index (Phi) is 3.68. The topological polar surface area (TPSA) is 66.8 Å². The average Bonchev–Trinajstić information content (AvgIpc) is 2.27. The maximum Gasteiger partial charge on any atom is 0.325 e. The van der Waals surface area contributed by atoms with E-state index in [0.29, 0.717) is 12.1 Å². The number of nitrogens with zero attached hydrogens (tertiary/aromatic N) is 1. The van der Waals surface area contributed by atoms with E-state index < -0.39 is 5.97 Å². The SMILES string of the molecule is COC(=O)CN(C=O)c1ccc(O)cc1. The maximum absolute atomic E-state index is 10.9. The van der Waals surface area contributed by atoms with Gasteiger partial charge in [-0.3, -0.25) is 9.59 Å². The van der Waals surface area contributed by atoms with E-state index in [0.717, 1.165) is 0 Å². The van der Waals surface area contributed by atoms with Gasteiger partial charge in [-0.05, 0) is 24.3 Å². The van der Waals surface area contributed by atoms with Crippen LogP contribution in [0.5, 0.6) is 5.75 Å². The first kappa shape index (κ1) is 11.0. The number of aromatic hydroxyl groups is 1. The van der Waals surface area contributed by atoms with Crippen LogP contribution >= 0.6 is 0 Å². The molecule has 15 heavy (non-hydrogen) atoms. The van der Waals surface area contributed by atoms with Gasteiger partial charge in [-0.15, -0.1) is 0 Å². The number of phenols is 1. The minimum atomic E-state index is -0.504. The molecule has 0 aliphatic heterocycles. The number of esters is 1. The highest BCUT2D eigenvalue weighted by Crippen LogP contribution is 2.16. The van der Waals surface area contributed by atoms with Crippen LogP contribution in [0, 0.1) is 0 Å². The van der Waals surface area contributed by atoms with Crippen molar-refractivity contribution in [2.45, 2.75) is 0 Å². The van der Waals surface area contributed by atoms with Crippen molar-refractivity contribution in [3.05, 3.63) is 24.3 Å². The molecule has 0 unspecified atom stereocenters. The number of hydrogen-bond donors (Lipinski definition) is 1. The van der Waals surface area contributed by atoms with Crippen molar-refractivity contribution in [1.82, 2.24) is 0 Å². The summed E-state index contributed by atoms with van der Waals surface area (Å²) >= 11 is 0. The second-order valence-corrected chi connectivity index (χ2v) is 2.83. The van der Waals surface area contributed by atoms with Gasteiger partial charge in [0.15, 0.2) is 0 Å². The van der Waals surface area contributed by atoms with E-state index in [9.17, 15) is 9.59 Å². The molecule has 0 saturated heterocycles. The van der Waals surface area contributed by atoms with Crippen LogP contribution in [0.15, 0.2) is 24.3 Å². The summed E-state index contributed by atoms with van der Waals surface area (Å²) in [5.41, 5.74) is 0.521. The van der Waals surface area contributed by atoms with Gasteiger partial charge in [0.1, 0.15) is 12.3 Å². The lowest BCUT2D eigenvalue weighted by Crippen LogP contribution is -2.28. The van der Waals surface area contributed by atoms with Crippen LogP contribution in [-0.2, 0) is 14.3 Å². The molecule has 1 aromatic rings. The van der Waals surface area contributed by atoms with Gasteiger partial charge in [-0.25, -0.2) is 0 Å². The zero-order valence-electron chi connectivity index (χ0n) is 8.21. The van der Waals surface area contributed by atoms with Crippen LogP contribution in [0.4, 0.5) is 5.69 Å². The quantitative estimate of drug-likeness (QED) is 0.580. The van der Waals surface area contributed by atoms with Crippen molar-refractivity contribution in [3.63, 3.8) is 0 Å². The Morgan fingerprint density at radius 1 is 1.47 bits per heavy atom. The molecule has 80 valence electrons. The second-order valence-electron chi connectivity index (χ2n) is 2.83. The van der Waals surface area contributed by atoms with Crippen molar-refractivity contribution >= 4 is 18.1 Å². The number of carbonyl (C=O) groups excluding carboxylic acids is 2. The van der Waals surface area contributed by atoms with Crippen molar-refractivity contribution < 1.29 is 19.4 Å². The van der Waals surface area contributed by atoms with Crippen molar-refractivity contribution in [3.8, 4) is 5.75 Å². The summed E-state index contributed by atoms with van der Waals surface area (Å²) in [6.45, 7) is -0.148. The number of ether oxygens (including phenoxy) is 1. The Balaban J connectivity index is 2.78. The molecule has 0 aromatic heterocycles. The van der Waals surface area contributed by atoms with Crippen LogP contribution in [0.1, 0.15) is 0 Å². The Morgan fingerprint density at radius 3 is 2.53 bits per heavy atom. The summed E-state index contributed by atoms with van der Waals surface area (Å²) in [7, 11) is 1.25. The Hall–Kier alpha value is -2.04. The van der Waals surface area contributed by atoms with Gasteiger partial charge >= 0.3 is 5.97 Å². The van der Waals surface area contributed by atoms with Gasteiger partial charge in [0.2, 0.25) is 6.41 Å². The number of rotatable bonds is 4. The van der Waals surface area contributed by atoms with E-state index >= 15 is 0 Å². The molecular weight excluding hydrogens is 198 g/mol. The molecule has 1 amide bonds. The van der Waals surface area contributed by atoms with Gasteiger partial charge in [0.25, 0.3) is 0 Å². The molecule has 0 fully saturated rings. The second kappa shape index (κ2) is 4.99. The maximum atomic E-state index is 10.9. The van der Waals surface area contributed by atoms with Crippen molar-refractivity contribution in [2.24, 2.45) is 0 Å². The zero-order chi connectivity index (χ0) is 11.3.